The average Bonchev–Trinajstić information content (AvgIpc) is 3.18. The van der Waals surface area contributed by atoms with E-state index in [0.29, 0.717) is 0 Å². The predicted octanol–water partition coefficient (Wildman–Crippen LogP) is 6.10. The zero-order valence-electron chi connectivity index (χ0n) is 15.9. The Morgan fingerprint density at radius 1 is 0.667 bits per heavy atom. The number of benzene rings is 3. The monoisotopic (exact) mass is 353 g/mol. The van der Waals surface area contributed by atoms with Crippen molar-refractivity contribution in [1.82, 2.24) is 15.2 Å². The van der Waals surface area contributed by atoms with Crippen molar-refractivity contribution in [2.24, 2.45) is 0 Å². The number of hydrogen-bond acceptors (Lipinski definition) is 2. The van der Waals surface area contributed by atoms with Gasteiger partial charge in [-0.1, -0.05) is 99.6 Å². The molecule has 0 aliphatic heterocycles. The standard InChI is InChI=1S/C24H23N3/c1-24(2,3)21-12-8-7-11-20(21)23-25-22(26-27-23)19-15-13-18(14-16-19)17-9-5-4-6-10-17/h4-16H,1-3H3,(H,25,26,27). The van der Waals surface area contributed by atoms with E-state index in [0.717, 1.165) is 22.8 Å². The molecule has 1 N–H and O–H groups in total. The fraction of sp³-hybridized carbons (Fsp3) is 0.167. The minimum Gasteiger partial charge on any atom is -0.259 e. The highest BCUT2D eigenvalue weighted by molar-refractivity contribution is 5.69. The Balaban J connectivity index is 1.66. The van der Waals surface area contributed by atoms with E-state index in [1.807, 2.05) is 12.1 Å². The molecule has 1 heterocycles. The van der Waals surface area contributed by atoms with Crippen molar-refractivity contribution < 1.29 is 0 Å². The minimum atomic E-state index is 0.0364. The Morgan fingerprint density at radius 2 is 1.26 bits per heavy atom. The maximum atomic E-state index is 4.76. The number of H-pyrrole nitrogens is 1. The first kappa shape index (κ1) is 17.2. The molecule has 0 atom stereocenters. The molecular formula is C24H23N3. The van der Waals surface area contributed by atoms with Gasteiger partial charge in [0.05, 0.1) is 0 Å². The van der Waals surface area contributed by atoms with Gasteiger partial charge in [0.2, 0.25) is 0 Å². The van der Waals surface area contributed by atoms with Gasteiger partial charge in [0, 0.05) is 11.1 Å². The molecule has 3 aromatic carbocycles. The molecule has 0 unspecified atom stereocenters. The van der Waals surface area contributed by atoms with Gasteiger partial charge >= 0.3 is 0 Å². The van der Waals surface area contributed by atoms with Gasteiger partial charge < -0.3 is 0 Å². The van der Waals surface area contributed by atoms with E-state index in [1.54, 1.807) is 0 Å². The van der Waals surface area contributed by atoms with Crippen LogP contribution in [0.25, 0.3) is 33.9 Å². The largest absolute Gasteiger partial charge is 0.259 e. The van der Waals surface area contributed by atoms with Crippen LogP contribution in [0.4, 0.5) is 0 Å². The summed E-state index contributed by atoms with van der Waals surface area (Å²) in [4.78, 5) is 4.76. The van der Waals surface area contributed by atoms with Crippen molar-refractivity contribution in [1.29, 1.82) is 0 Å². The van der Waals surface area contributed by atoms with Gasteiger partial charge in [-0.25, -0.2) is 4.98 Å². The zero-order valence-corrected chi connectivity index (χ0v) is 15.9. The van der Waals surface area contributed by atoms with Crippen LogP contribution in [-0.4, -0.2) is 15.2 Å². The highest BCUT2D eigenvalue weighted by Gasteiger charge is 2.20. The first-order valence-corrected chi connectivity index (χ1v) is 9.20. The smallest absolute Gasteiger partial charge is 0.181 e. The first-order valence-electron chi connectivity index (χ1n) is 9.20. The molecule has 0 radical (unpaired) electrons. The molecule has 27 heavy (non-hydrogen) atoms. The molecule has 4 aromatic rings. The molecule has 3 nitrogen and oxygen atoms in total. The fourth-order valence-corrected chi connectivity index (χ4v) is 3.29. The number of aromatic nitrogens is 3. The van der Waals surface area contributed by atoms with Crippen LogP contribution in [0.1, 0.15) is 26.3 Å². The number of hydrogen-bond donors (Lipinski definition) is 1. The third-order valence-electron chi connectivity index (χ3n) is 4.73. The van der Waals surface area contributed by atoms with Crippen molar-refractivity contribution in [3.05, 3.63) is 84.4 Å². The van der Waals surface area contributed by atoms with E-state index in [2.05, 4.69) is 97.7 Å². The van der Waals surface area contributed by atoms with Crippen LogP contribution >= 0.6 is 0 Å². The summed E-state index contributed by atoms with van der Waals surface area (Å²) < 4.78 is 0. The highest BCUT2D eigenvalue weighted by atomic mass is 15.2. The van der Waals surface area contributed by atoms with Crippen LogP contribution in [0.3, 0.4) is 0 Å². The molecule has 134 valence electrons. The molecule has 0 bridgehead atoms. The van der Waals surface area contributed by atoms with Crippen LogP contribution in [0.15, 0.2) is 78.9 Å². The van der Waals surface area contributed by atoms with Gasteiger partial charge in [-0.15, -0.1) is 0 Å². The van der Waals surface area contributed by atoms with E-state index in [1.165, 1.54) is 16.7 Å². The summed E-state index contributed by atoms with van der Waals surface area (Å²) in [6.45, 7) is 6.63. The molecule has 4 rings (SSSR count). The van der Waals surface area contributed by atoms with E-state index in [-0.39, 0.29) is 5.41 Å². The number of rotatable bonds is 3. The number of aromatic amines is 1. The van der Waals surface area contributed by atoms with Gasteiger partial charge in [0.25, 0.3) is 0 Å². The average molecular weight is 353 g/mol. The lowest BCUT2D eigenvalue weighted by molar-refractivity contribution is 0.591. The Hall–Kier alpha value is -3.20. The predicted molar refractivity (Wildman–Crippen MR) is 111 cm³/mol. The molecule has 1 aromatic heterocycles. The summed E-state index contributed by atoms with van der Waals surface area (Å²) in [7, 11) is 0. The van der Waals surface area contributed by atoms with Gasteiger partial charge in [-0.05, 0) is 22.1 Å². The maximum absolute atomic E-state index is 4.76. The molecule has 0 aliphatic rings. The van der Waals surface area contributed by atoms with Crippen LogP contribution in [-0.2, 0) is 5.41 Å². The minimum absolute atomic E-state index is 0.0364. The fourth-order valence-electron chi connectivity index (χ4n) is 3.29. The zero-order chi connectivity index (χ0) is 18.9. The maximum Gasteiger partial charge on any atom is 0.181 e. The van der Waals surface area contributed by atoms with Crippen LogP contribution in [0.2, 0.25) is 0 Å². The van der Waals surface area contributed by atoms with Crippen LogP contribution in [0, 0.1) is 0 Å². The third kappa shape index (κ3) is 3.54. The summed E-state index contributed by atoms with van der Waals surface area (Å²) >= 11 is 0. The summed E-state index contributed by atoms with van der Waals surface area (Å²) in [6.07, 6.45) is 0. The van der Waals surface area contributed by atoms with Crippen molar-refractivity contribution in [2.75, 3.05) is 0 Å². The van der Waals surface area contributed by atoms with Crippen LogP contribution < -0.4 is 0 Å². The Bertz CT molecular complexity index is 1040. The van der Waals surface area contributed by atoms with E-state index >= 15 is 0 Å². The lowest BCUT2D eigenvalue weighted by atomic mass is 9.83. The van der Waals surface area contributed by atoms with Crippen molar-refractivity contribution in [3.63, 3.8) is 0 Å². The summed E-state index contributed by atoms with van der Waals surface area (Å²) in [5.74, 6) is 1.52. The topological polar surface area (TPSA) is 41.6 Å². The van der Waals surface area contributed by atoms with E-state index in [4.69, 9.17) is 4.98 Å². The van der Waals surface area contributed by atoms with Gasteiger partial charge in [0.15, 0.2) is 11.6 Å². The van der Waals surface area contributed by atoms with Crippen molar-refractivity contribution in [3.8, 4) is 33.9 Å². The van der Waals surface area contributed by atoms with Gasteiger partial charge in [0.1, 0.15) is 0 Å². The second-order valence-electron chi connectivity index (χ2n) is 7.75. The molecule has 0 saturated heterocycles. The van der Waals surface area contributed by atoms with Crippen molar-refractivity contribution in [2.45, 2.75) is 26.2 Å². The first-order chi connectivity index (χ1) is 13.0. The Kier molecular flexibility index (Phi) is 4.36. The normalized spacial score (nSPS) is 11.5. The number of nitrogens with one attached hydrogen (secondary N) is 1. The molecule has 0 fully saturated rings. The van der Waals surface area contributed by atoms with E-state index < -0.39 is 0 Å². The molecular weight excluding hydrogens is 330 g/mol. The van der Waals surface area contributed by atoms with Gasteiger partial charge in [-0.3, -0.25) is 5.10 Å². The second kappa shape index (κ2) is 6.84. The Morgan fingerprint density at radius 3 is 1.96 bits per heavy atom. The third-order valence-corrected chi connectivity index (χ3v) is 4.73. The summed E-state index contributed by atoms with van der Waals surface area (Å²) in [6, 6.07) is 27.1. The summed E-state index contributed by atoms with van der Waals surface area (Å²) in [5, 5.41) is 7.58. The lowest BCUT2D eigenvalue weighted by Gasteiger charge is -2.21. The SMILES string of the molecule is CC(C)(C)c1ccccc1-c1n[nH]c(-c2ccc(-c3ccccc3)cc2)n1. The number of nitrogens with zero attached hydrogens (tertiary/aromatic N) is 2. The van der Waals surface area contributed by atoms with E-state index in [9.17, 15) is 0 Å². The molecule has 0 spiro atoms. The Labute approximate surface area is 160 Å². The van der Waals surface area contributed by atoms with Crippen molar-refractivity contribution >= 4 is 0 Å². The highest BCUT2D eigenvalue weighted by Crippen LogP contribution is 2.32. The molecule has 3 heteroatoms. The molecule has 0 saturated carbocycles. The summed E-state index contributed by atoms with van der Waals surface area (Å²) in [5.41, 5.74) is 5.79. The van der Waals surface area contributed by atoms with Crippen LogP contribution in [0.5, 0.6) is 0 Å². The second-order valence-corrected chi connectivity index (χ2v) is 7.75. The van der Waals surface area contributed by atoms with Gasteiger partial charge in [-0.2, -0.15) is 5.10 Å². The molecule has 0 amide bonds. The quantitative estimate of drug-likeness (QED) is 0.483. The lowest BCUT2D eigenvalue weighted by Crippen LogP contribution is -2.12. The molecule has 0 aliphatic carbocycles.